The monoisotopic (exact) mass is 386 g/mol. The molecule has 0 heterocycles. The Morgan fingerprint density at radius 1 is 0.467 bits per heavy atom. The Morgan fingerprint density at radius 2 is 0.900 bits per heavy atom. The number of hydrogen-bond donors (Lipinski definition) is 1. The van der Waals surface area contributed by atoms with E-state index >= 15 is 0 Å². The normalized spacial score (nSPS) is 11.5. The Labute approximate surface area is 176 Å². The highest BCUT2D eigenvalue weighted by atomic mass is 16.3. The van der Waals surface area contributed by atoms with Gasteiger partial charge in [-0.3, -0.25) is 0 Å². The number of rotatable bonds is 4. The van der Waals surface area contributed by atoms with Gasteiger partial charge < -0.3 is 5.11 Å². The summed E-state index contributed by atoms with van der Waals surface area (Å²) in [5.74, 6) is 0. The third kappa shape index (κ3) is 3.10. The van der Waals surface area contributed by atoms with Gasteiger partial charge in [-0.05, 0) is 45.2 Å². The Kier molecular flexibility index (Phi) is 4.66. The third-order valence-electron chi connectivity index (χ3n) is 5.74. The van der Waals surface area contributed by atoms with Crippen molar-refractivity contribution in [3.05, 3.63) is 144 Å². The number of fused-ring (bicyclic) bond motifs is 1. The van der Waals surface area contributed by atoms with E-state index in [1.807, 2.05) is 84.9 Å². The SMILES string of the molecule is OC(c1ccccc1)(c1ccccc1)c1cc2ccccc2cc1-c1ccccc1. The minimum absolute atomic E-state index is 0.851. The fraction of sp³-hybridized carbons (Fsp3) is 0.0345. The first-order valence-electron chi connectivity index (χ1n) is 10.2. The molecule has 0 saturated carbocycles. The molecule has 0 atom stereocenters. The molecular weight excluding hydrogens is 364 g/mol. The van der Waals surface area contributed by atoms with E-state index in [1.165, 1.54) is 0 Å². The molecule has 5 aromatic rings. The molecular formula is C29H22O. The summed E-state index contributed by atoms with van der Waals surface area (Å²) in [4.78, 5) is 0. The maximum absolute atomic E-state index is 12.4. The van der Waals surface area contributed by atoms with Crippen molar-refractivity contribution in [2.45, 2.75) is 5.60 Å². The summed E-state index contributed by atoms with van der Waals surface area (Å²) < 4.78 is 0. The molecule has 0 aliphatic carbocycles. The standard InChI is InChI=1S/C29H22O/c30-29(25-16-6-2-7-17-25,26-18-8-3-9-19-26)28-21-24-15-11-10-14-23(24)20-27(28)22-12-4-1-5-13-22/h1-21,30H. The molecule has 144 valence electrons. The second-order valence-electron chi connectivity index (χ2n) is 7.55. The fourth-order valence-corrected chi connectivity index (χ4v) is 4.23. The van der Waals surface area contributed by atoms with Crippen molar-refractivity contribution < 1.29 is 5.11 Å². The van der Waals surface area contributed by atoms with Crippen LogP contribution in [0.2, 0.25) is 0 Å². The van der Waals surface area contributed by atoms with Crippen LogP contribution in [0.25, 0.3) is 21.9 Å². The van der Waals surface area contributed by atoms with Crippen LogP contribution < -0.4 is 0 Å². The highest BCUT2D eigenvalue weighted by Crippen LogP contribution is 2.43. The fourth-order valence-electron chi connectivity index (χ4n) is 4.23. The predicted molar refractivity (Wildman–Crippen MR) is 124 cm³/mol. The molecule has 1 heteroatoms. The van der Waals surface area contributed by atoms with Gasteiger partial charge in [0.05, 0.1) is 0 Å². The van der Waals surface area contributed by atoms with Crippen LogP contribution in [0.15, 0.2) is 127 Å². The topological polar surface area (TPSA) is 20.2 Å². The summed E-state index contributed by atoms with van der Waals surface area (Å²) in [6.07, 6.45) is 0. The quantitative estimate of drug-likeness (QED) is 0.337. The Hall–Kier alpha value is -3.68. The van der Waals surface area contributed by atoms with Gasteiger partial charge in [0.1, 0.15) is 5.60 Å². The van der Waals surface area contributed by atoms with Crippen LogP contribution in [0.5, 0.6) is 0 Å². The van der Waals surface area contributed by atoms with Crippen molar-refractivity contribution in [3.8, 4) is 11.1 Å². The summed E-state index contributed by atoms with van der Waals surface area (Å²) >= 11 is 0. The first kappa shape index (κ1) is 18.4. The lowest BCUT2D eigenvalue weighted by Crippen LogP contribution is -2.29. The smallest absolute Gasteiger partial charge is 0.141 e. The molecule has 0 bridgehead atoms. The Balaban J connectivity index is 1.89. The first-order valence-corrected chi connectivity index (χ1v) is 10.2. The van der Waals surface area contributed by atoms with E-state index in [2.05, 4.69) is 42.5 Å². The maximum atomic E-state index is 12.4. The molecule has 0 spiro atoms. The lowest BCUT2D eigenvalue weighted by atomic mass is 9.76. The van der Waals surface area contributed by atoms with Crippen molar-refractivity contribution in [2.75, 3.05) is 0 Å². The molecule has 30 heavy (non-hydrogen) atoms. The van der Waals surface area contributed by atoms with Crippen molar-refractivity contribution in [2.24, 2.45) is 0 Å². The molecule has 1 N–H and O–H groups in total. The van der Waals surface area contributed by atoms with Crippen LogP contribution in [0.3, 0.4) is 0 Å². The van der Waals surface area contributed by atoms with Crippen molar-refractivity contribution in [1.82, 2.24) is 0 Å². The molecule has 5 rings (SSSR count). The number of hydrogen-bond acceptors (Lipinski definition) is 1. The summed E-state index contributed by atoms with van der Waals surface area (Å²) in [5.41, 5.74) is 3.42. The van der Waals surface area contributed by atoms with E-state index in [9.17, 15) is 5.11 Å². The number of benzene rings is 5. The van der Waals surface area contributed by atoms with Crippen LogP contribution in [0.4, 0.5) is 0 Å². The second-order valence-corrected chi connectivity index (χ2v) is 7.55. The highest BCUT2D eigenvalue weighted by Gasteiger charge is 2.36. The van der Waals surface area contributed by atoms with Crippen molar-refractivity contribution in [3.63, 3.8) is 0 Å². The zero-order chi connectivity index (χ0) is 20.4. The van der Waals surface area contributed by atoms with Gasteiger partial charge in [0.25, 0.3) is 0 Å². The summed E-state index contributed by atoms with van der Waals surface area (Å²) in [6.45, 7) is 0. The van der Waals surface area contributed by atoms with Crippen LogP contribution in [-0.4, -0.2) is 5.11 Å². The molecule has 0 fully saturated rings. The third-order valence-corrected chi connectivity index (χ3v) is 5.74. The zero-order valence-electron chi connectivity index (χ0n) is 16.6. The summed E-state index contributed by atoms with van der Waals surface area (Å²) in [5, 5.41) is 14.7. The van der Waals surface area contributed by atoms with Crippen LogP contribution in [0.1, 0.15) is 16.7 Å². The van der Waals surface area contributed by atoms with Gasteiger partial charge in [0, 0.05) is 5.56 Å². The van der Waals surface area contributed by atoms with E-state index in [0.29, 0.717) is 0 Å². The molecule has 1 nitrogen and oxygen atoms in total. The molecule has 0 amide bonds. The van der Waals surface area contributed by atoms with Gasteiger partial charge in [-0.15, -0.1) is 0 Å². The van der Waals surface area contributed by atoms with Gasteiger partial charge in [0.2, 0.25) is 0 Å². The molecule has 0 saturated heterocycles. The maximum Gasteiger partial charge on any atom is 0.141 e. The average Bonchev–Trinajstić information content (AvgIpc) is 2.84. The van der Waals surface area contributed by atoms with Crippen molar-refractivity contribution in [1.29, 1.82) is 0 Å². The van der Waals surface area contributed by atoms with E-state index in [1.54, 1.807) is 0 Å². The summed E-state index contributed by atoms with van der Waals surface area (Å²) in [6, 6.07) is 42.8. The van der Waals surface area contributed by atoms with Crippen molar-refractivity contribution >= 4 is 10.8 Å². The van der Waals surface area contributed by atoms with E-state index in [0.717, 1.165) is 38.6 Å². The van der Waals surface area contributed by atoms with Crippen LogP contribution >= 0.6 is 0 Å². The summed E-state index contributed by atoms with van der Waals surface area (Å²) in [7, 11) is 0. The van der Waals surface area contributed by atoms with Crippen LogP contribution in [-0.2, 0) is 5.60 Å². The molecule has 0 aromatic heterocycles. The minimum Gasteiger partial charge on any atom is -0.376 e. The number of aliphatic hydroxyl groups is 1. The Morgan fingerprint density at radius 3 is 1.43 bits per heavy atom. The molecule has 0 aliphatic rings. The van der Waals surface area contributed by atoms with E-state index in [-0.39, 0.29) is 0 Å². The molecule has 0 unspecified atom stereocenters. The molecule has 5 aromatic carbocycles. The largest absolute Gasteiger partial charge is 0.376 e. The predicted octanol–water partition coefficient (Wildman–Crippen LogP) is 6.79. The van der Waals surface area contributed by atoms with Gasteiger partial charge in [-0.2, -0.15) is 0 Å². The first-order chi connectivity index (χ1) is 14.8. The van der Waals surface area contributed by atoms with Crippen LogP contribution in [0, 0.1) is 0 Å². The molecule has 0 radical (unpaired) electrons. The lowest BCUT2D eigenvalue weighted by molar-refractivity contribution is 0.126. The highest BCUT2D eigenvalue weighted by molar-refractivity contribution is 5.90. The van der Waals surface area contributed by atoms with Gasteiger partial charge in [0.15, 0.2) is 0 Å². The minimum atomic E-state index is -1.28. The zero-order valence-corrected chi connectivity index (χ0v) is 16.6. The van der Waals surface area contributed by atoms with Gasteiger partial charge in [-0.25, -0.2) is 0 Å². The Bertz CT molecular complexity index is 1240. The molecule has 0 aliphatic heterocycles. The van der Waals surface area contributed by atoms with Gasteiger partial charge >= 0.3 is 0 Å². The van der Waals surface area contributed by atoms with E-state index < -0.39 is 5.60 Å². The lowest BCUT2D eigenvalue weighted by Gasteiger charge is -2.32. The second kappa shape index (κ2) is 7.62. The van der Waals surface area contributed by atoms with Gasteiger partial charge in [-0.1, -0.05) is 115 Å². The average molecular weight is 386 g/mol. The van der Waals surface area contributed by atoms with E-state index in [4.69, 9.17) is 0 Å².